The molecule has 0 radical (unpaired) electrons. The number of hydrogen-bond donors (Lipinski definition) is 1. The third-order valence-electron chi connectivity index (χ3n) is 3.86. The predicted molar refractivity (Wildman–Crippen MR) is 100 cm³/mol. The van der Waals surface area contributed by atoms with Gasteiger partial charge in [0.2, 0.25) is 5.91 Å². The number of fused-ring (bicyclic) bond motifs is 1. The van der Waals surface area contributed by atoms with E-state index in [1.54, 1.807) is 31.4 Å². The number of benzene rings is 2. The largest absolute Gasteiger partial charge is 0.495 e. The van der Waals surface area contributed by atoms with Gasteiger partial charge in [-0.15, -0.1) is 0 Å². The number of anilines is 1. The molecule has 0 saturated heterocycles. The van der Waals surface area contributed by atoms with Gasteiger partial charge in [-0.2, -0.15) is 0 Å². The van der Waals surface area contributed by atoms with Gasteiger partial charge in [0.15, 0.2) is 0 Å². The number of ether oxygens (including phenoxy) is 2. The molecule has 0 bridgehead atoms. The molecule has 1 N–H and O–H groups in total. The van der Waals surface area contributed by atoms with Crippen molar-refractivity contribution in [2.75, 3.05) is 12.4 Å². The Balaban J connectivity index is 1.70. The molecule has 0 saturated carbocycles. The molecule has 1 amide bonds. The van der Waals surface area contributed by atoms with Crippen molar-refractivity contribution in [1.29, 1.82) is 0 Å². The average Bonchev–Trinajstić information content (AvgIpc) is 2.60. The summed E-state index contributed by atoms with van der Waals surface area (Å²) in [5.74, 6) is 1.17. The van der Waals surface area contributed by atoms with Crippen LogP contribution in [0.4, 0.5) is 5.69 Å². The van der Waals surface area contributed by atoms with Gasteiger partial charge in [-0.25, -0.2) is 0 Å². The molecule has 2 aromatic rings. The van der Waals surface area contributed by atoms with E-state index in [4.69, 9.17) is 21.1 Å². The van der Waals surface area contributed by atoms with Crippen molar-refractivity contribution in [1.82, 2.24) is 0 Å². The second kappa shape index (κ2) is 7.45. The second-order valence-electron chi connectivity index (χ2n) is 5.61. The van der Waals surface area contributed by atoms with E-state index in [1.165, 1.54) is 6.08 Å². The van der Waals surface area contributed by atoms with Crippen molar-refractivity contribution >= 4 is 29.3 Å². The van der Waals surface area contributed by atoms with Crippen LogP contribution in [0.1, 0.15) is 12.5 Å². The van der Waals surface area contributed by atoms with E-state index in [0.717, 1.165) is 16.9 Å². The highest BCUT2D eigenvalue weighted by atomic mass is 35.5. The molecule has 5 heteroatoms. The van der Waals surface area contributed by atoms with E-state index in [1.807, 2.05) is 37.3 Å². The Morgan fingerprint density at radius 2 is 2.08 bits per heavy atom. The molecule has 4 nitrogen and oxygen atoms in total. The zero-order valence-corrected chi connectivity index (χ0v) is 14.7. The van der Waals surface area contributed by atoms with Gasteiger partial charge in [0, 0.05) is 17.3 Å². The summed E-state index contributed by atoms with van der Waals surface area (Å²) in [6.45, 7) is 1.95. The summed E-state index contributed by atoms with van der Waals surface area (Å²) in [6, 6.07) is 12.9. The van der Waals surface area contributed by atoms with Crippen molar-refractivity contribution in [3.63, 3.8) is 0 Å². The van der Waals surface area contributed by atoms with E-state index in [9.17, 15) is 4.79 Å². The average molecular weight is 356 g/mol. The lowest BCUT2D eigenvalue weighted by atomic mass is 10.0. The first-order valence-electron chi connectivity index (χ1n) is 7.86. The molecule has 1 aliphatic heterocycles. The molecule has 0 aromatic heterocycles. The molecule has 0 spiro atoms. The van der Waals surface area contributed by atoms with Crippen molar-refractivity contribution in [3.05, 3.63) is 70.8 Å². The lowest BCUT2D eigenvalue weighted by Crippen LogP contribution is -2.18. The molecule has 2 aromatic carbocycles. The number of para-hydroxylation sites is 1. The molecule has 0 aliphatic carbocycles. The van der Waals surface area contributed by atoms with Crippen LogP contribution < -0.4 is 14.8 Å². The van der Waals surface area contributed by atoms with Crippen molar-refractivity contribution < 1.29 is 14.3 Å². The highest BCUT2D eigenvalue weighted by molar-refractivity contribution is 6.32. The van der Waals surface area contributed by atoms with Crippen LogP contribution in [0.25, 0.3) is 6.08 Å². The maximum absolute atomic E-state index is 12.1. The Morgan fingerprint density at radius 3 is 2.84 bits per heavy atom. The Kier molecular flexibility index (Phi) is 5.10. The topological polar surface area (TPSA) is 47.6 Å². The van der Waals surface area contributed by atoms with E-state index in [-0.39, 0.29) is 12.0 Å². The summed E-state index contributed by atoms with van der Waals surface area (Å²) in [7, 11) is 1.54. The first-order chi connectivity index (χ1) is 12.1. The van der Waals surface area contributed by atoms with Gasteiger partial charge in [-0.05, 0) is 48.9 Å². The Bertz CT molecular complexity index is 858. The Labute approximate surface area is 151 Å². The summed E-state index contributed by atoms with van der Waals surface area (Å²) in [5, 5.41) is 3.22. The summed E-state index contributed by atoms with van der Waals surface area (Å²) >= 11 is 6.06. The van der Waals surface area contributed by atoms with Crippen LogP contribution in [0.5, 0.6) is 11.5 Å². The lowest BCUT2D eigenvalue weighted by molar-refractivity contribution is -0.111. The highest BCUT2D eigenvalue weighted by Crippen LogP contribution is 2.30. The molecule has 1 heterocycles. The van der Waals surface area contributed by atoms with Crippen molar-refractivity contribution in [3.8, 4) is 11.5 Å². The summed E-state index contributed by atoms with van der Waals surface area (Å²) < 4.78 is 10.9. The molecule has 3 rings (SSSR count). The fraction of sp³-hybridized carbons (Fsp3) is 0.150. The minimum absolute atomic E-state index is 0.116. The molecule has 1 unspecified atom stereocenters. The van der Waals surface area contributed by atoms with Crippen molar-refractivity contribution in [2.45, 2.75) is 13.0 Å². The van der Waals surface area contributed by atoms with Gasteiger partial charge in [0.1, 0.15) is 17.6 Å². The van der Waals surface area contributed by atoms with Crippen LogP contribution in [-0.4, -0.2) is 19.1 Å². The van der Waals surface area contributed by atoms with Crippen LogP contribution >= 0.6 is 11.6 Å². The number of methoxy groups -OCH3 is 1. The molecule has 1 atom stereocenters. The van der Waals surface area contributed by atoms with Gasteiger partial charge in [-0.3, -0.25) is 4.79 Å². The first-order valence-corrected chi connectivity index (χ1v) is 8.24. The number of carbonyl (C=O) groups is 1. The summed E-state index contributed by atoms with van der Waals surface area (Å²) in [4.78, 5) is 12.1. The van der Waals surface area contributed by atoms with Gasteiger partial charge in [-0.1, -0.05) is 29.8 Å². The van der Waals surface area contributed by atoms with Crippen molar-refractivity contribution in [2.24, 2.45) is 0 Å². The molecule has 128 valence electrons. The van der Waals surface area contributed by atoms with Crippen LogP contribution in [0.2, 0.25) is 5.02 Å². The third kappa shape index (κ3) is 4.03. The molecule has 1 aliphatic rings. The quantitative estimate of drug-likeness (QED) is 0.808. The number of nitrogens with one attached hydrogen (secondary N) is 1. The van der Waals surface area contributed by atoms with E-state index < -0.39 is 0 Å². The molecule has 25 heavy (non-hydrogen) atoms. The minimum Gasteiger partial charge on any atom is -0.495 e. The lowest BCUT2D eigenvalue weighted by Gasteiger charge is -2.22. The standard InChI is InChI=1S/C20H18ClNO3/c1-13-14(11-15-5-3-4-6-18(15)25-13)7-10-20(23)22-16-8-9-19(24-2)17(21)12-16/h3-13H,1-2H3,(H,22,23)/b10-7+. The van der Waals surface area contributed by atoms with Crippen LogP contribution in [0.15, 0.2) is 60.2 Å². The SMILES string of the molecule is COc1ccc(NC(=O)/C=C/C2=Cc3ccccc3OC2C)cc1Cl. The fourth-order valence-corrected chi connectivity index (χ4v) is 2.80. The number of halogens is 1. The van der Waals surface area contributed by atoms with Gasteiger partial charge < -0.3 is 14.8 Å². The Hall–Kier alpha value is -2.72. The van der Waals surface area contributed by atoms with Crippen LogP contribution in [0.3, 0.4) is 0 Å². The zero-order valence-electron chi connectivity index (χ0n) is 14.0. The Morgan fingerprint density at radius 1 is 1.28 bits per heavy atom. The van der Waals surface area contributed by atoms with Gasteiger partial charge >= 0.3 is 0 Å². The van der Waals surface area contributed by atoms with Gasteiger partial charge in [0.05, 0.1) is 12.1 Å². The second-order valence-corrected chi connectivity index (χ2v) is 6.02. The normalized spacial score (nSPS) is 16.0. The van der Waals surface area contributed by atoms with E-state index in [0.29, 0.717) is 16.5 Å². The monoisotopic (exact) mass is 355 g/mol. The first kappa shape index (κ1) is 17.1. The fourth-order valence-electron chi connectivity index (χ4n) is 2.55. The maximum Gasteiger partial charge on any atom is 0.248 e. The summed E-state index contributed by atoms with van der Waals surface area (Å²) in [6.07, 6.45) is 5.16. The third-order valence-corrected chi connectivity index (χ3v) is 4.16. The van der Waals surface area contributed by atoms with Crippen LogP contribution in [-0.2, 0) is 4.79 Å². The number of carbonyl (C=O) groups excluding carboxylic acids is 1. The highest BCUT2D eigenvalue weighted by Gasteiger charge is 2.16. The van der Waals surface area contributed by atoms with Gasteiger partial charge in [0.25, 0.3) is 0 Å². The van der Waals surface area contributed by atoms with Crippen LogP contribution in [0, 0.1) is 0 Å². The minimum atomic E-state index is -0.242. The number of rotatable bonds is 4. The number of hydrogen-bond acceptors (Lipinski definition) is 3. The smallest absolute Gasteiger partial charge is 0.248 e. The molecular formula is C20H18ClNO3. The molecular weight excluding hydrogens is 338 g/mol. The zero-order chi connectivity index (χ0) is 17.8. The predicted octanol–water partition coefficient (Wildman–Crippen LogP) is 4.71. The maximum atomic E-state index is 12.1. The number of amides is 1. The van der Waals surface area contributed by atoms with E-state index >= 15 is 0 Å². The molecule has 0 fully saturated rings. The summed E-state index contributed by atoms with van der Waals surface area (Å²) in [5.41, 5.74) is 2.54. The van der Waals surface area contributed by atoms with E-state index in [2.05, 4.69) is 5.32 Å².